The molecule has 118 valence electrons. The van der Waals surface area contributed by atoms with E-state index in [0.29, 0.717) is 18.6 Å². The Morgan fingerprint density at radius 1 is 1.29 bits per heavy atom. The molecule has 3 nitrogen and oxygen atoms in total. The summed E-state index contributed by atoms with van der Waals surface area (Å²) in [7, 11) is 0. The van der Waals surface area contributed by atoms with Crippen LogP contribution in [0, 0.1) is 5.41 Å². The lowest BCUT2D eigenvalue weighted by Crippen LogP contribution is -2.42. The van der Waals surface area contributed by atoms with Gasteiger partial charge in [0.2, 0.25) is 0 Å². The van der Waals surface area contributed by atoms with Crippen molar-refractivity contribution in [2.75, 3.05) is 13.1 Å². The third kappa shape index (κ3) is 4.80. The number of aliphatic hydroxyl groups excluding tert-OH is 1. The highest BCUT2D eigenvalue weighted by Crippen LogP contribution is 2.22. The van der Waals surface area contributed by atoms with E-state index in [9.17, 15) is 5.11 Å². The second-order valence-corrected chi connectivity index (χ2v) is 7.49. The molecule has 1 heterocycles. The largest absolute Gasteiger partial charge is 0.391 e. The quantitative estimate of drug-likeness (QED) is 0.875. The molecule has 0 aliphatic carbocycles. The standard InChI is InChI=1S/C18H30N2O/c1-14-10-16(19-11-17(21)18(2,3)4)13-20(14)12-15-8-6-5-7-9-15/h5-9,14,16-17,19,21H,10-13H2,1-4H3. The number of benzene rings is 1. The Morgan fingerprint density at radius 3 is 2.57 bits per heavy atom. The van der Waals surface area contributed by atoms with Crippen LogP contribution in [0.2, 0.25) is 0 Å². The van der Waals surface area contributed by atoms with Gasteiger partial charge in [-0.3, -0.25) is 4.90 Å². The van der Waals surface area contributed by atoms with Crippen LogP contribution >= 0.6 is 0 Å². The number of nitrogens with one attached hydrogen (secondary N) is 1. The van der Waals surface area contributed by atoms with Gasteiger partial charge in [0.05, 0.1) is 6.10 Å². The lowest BCUT2D eigenvalue weighted by Gasteiger charge is -2.27. The molecule has 1 aliphatic heterocycles. The van der Waals surface area contributed by atoms with E-state index in [1.54, 1.807) is 0 Å². The predicted molar refractivity (Wildman–Crippen MR) is 88.2 cm³/mol. The third-order valence-corrected chi connectivity index (χ3v) is 4.53. The Labute approximate surface area is 129 Å². The van der Waals surface area contributed by atoms with E-state index in [1.807, 2.05) is 0 Å². The lowest BCUT2D eigenvalue weighted by atomic mass is 9.89. The number of nitrogens with zero attached hydrogens (tertiary/aromatic N) is 1. The maximum Gasteiger partial charge on any atom is 0.0712 e. The van der Waals surface area contributed by atoms with Crippen molar-refractivity contribution in [3.05, 3.63) is 35.9 Å². The minimum Gasteiger partial charge on any atom is -0.391 e. The average molecular weight is 290 g/mol. The Morgan fingerprint density at radius 2 is 1.95 bits per heavy atom. The molecule has 3 atom stereocenters. The molecular weight excluding hydrogens is 260 g/mol. The molecule has 1 saturated heterocycles. The van der Waals surface area contributed by atoms with Gasteiger partial charge in [-0.2, -0.15) is 0 Å². The van der Waals surface area contributed by atoms with Gasteiger partial charge < -0.3 is 10.4 Å². The van der Waals surface area contributed by atoms with Crippen LogP contribution in [0.3, 0.4) is 0 Å². The van der Waals surface area contributed by atoms with Crippen molar-refractivity contribution in [3.63, 3.8) is 0 Å². The zero-order valence-electron chi connectivity index (χ0n) is 13.8. The van der Waals surface area contributed by atoms with Crippen molar-refractivity contribution >= 4 is 0 Å². The molecule has 2 N–H and O–H groups in total. The van der Waals surface area contributed by atoms with Crippen LogP contribution in [0.25, 0.3) is 0 Å². The molecule has 0 aromatic heterocycles. The maximum absolute atomic E-state index is 10.1. The van der Waals surface area contributed by atoms with Crippen LogP contribution in [0.1, 0.15) is 39.7 Å². The van der Waals surface area contributed by atoms with Crippen LogP contribution in [0.5, 0.6) is 0 Å². The van der Waals surface area contributed by atoms with Crippen molar-refractivity contribution < 1.29 is 5.11 Å². The van der Waals surface area contributed by atoms with Gasteiger partial charge in [0.25, 0.3) is 0 Å². The van der Waals surface area contributed by atoms with Crippen molar-refractivity contribution in [2.45, 2.75) is 58.8 Å². The highest BCUT2D eigenvalue weighted by atomic mass is 16.3. The molecule has 1 aromatic rings. The molecule has 1 aromatic carbocycles. The molecule has 0 amide bonds. The highest BCUT2D eigenvalue weighted by Gasteiger charge is 2.30. The van der Waals surface area contributed by atoms with Crippen LogP contribution in [-0.2, 0) is 6.54 Å². The highest BCUT2D eigenvalue weighted by molar-refractivity contribution is 5.15. The zero-order valence-corrected chi connectivity index (χ0v) is 13.8. The fraction of sp³-hybridized carbons (Fsp3) is 0.667. The van der Waals surface area contributed by atoms with Crippen LogP contribution in [0.15, 0.2) is 30.3 Å². The van der Waals surface area contributed by atoms with Crippen molar-refractivity contribution in [1.82, 2.24) is 10.2 Å². The molecule has 3 unspecified atom stereocenters. The Balaban J connectivity index is 1.81. The molecule has 2 rings (SSSR count). The molecule has 1 aliphatic rings. The van der Waals surface area contributed by atoms with Crippen molar-refractivity contribution in [1.29, 1.82) is 0 Å². The second-order valence-electron chi connectivity index (χ2n) is 7.49. The number of rotatable bonds is 5. The van der Waals surface area contributed by atoms with Crippen LogP contribution in [0.4, 0.5) is 0 Å². The summed E-state index contributed by atoms with van der Waals surface area (Å²) in [4.78, 5) is 2.52. The molecular formula is C18H30N2O. The summed E-state index contributed by atoms with van der Waals surface area (Å²) in [5, 5.41) is 13.7. The molecule has 3 heteroatoms. The summed E-state index contributed by atoms with van der Waals surface area (Å²) < 4.78 is 0. The first-order valence-corrected chi connectivity index (χ1v) is 8.05. The molecule has 1 fully saturated rings. The fourth-order valence-corrected chi connectivity index (χ4v) is 2.87. The number of aliphatic hydroxyl groups is 1. The van der Waals surface area contributed by atoms with E-state index in [2.05, 4.69) is 68.2 Å². The number of hydrogen-bond donors (Lipinski definition) is 2. The van der Waals surface area contributed by atoms with Crippen molar-refractivity contribution in [2.24, 2.45) is 5.41 Å². The van der Waals surface area contributed by atoms with Gasteiger partial charge in [-0.15, -0.1) is 0 Å². The summed E-state index contributed by atoms with van der Waals surface area (Å²) in [5.41, 5.74) is 1.32. The minimum atomic E-state index is -0.295. The minimum absolute atomic E-state index is 0.0546. The van der Waals surface area contributed by atoms with E-state index in [-0.39, 0.29) is 11.5 Å². The van der Waals surface area contributed by atoms with E-state index >= 15 is 0 Å². The first-order chi connectivity index (χ1) is 9.86. The maximum atomic E-state index is 10.1. The molecule has 0 saturated carbocycles. The number of likely N-dealkylation sites (tertiary alicyclic amines) is 1. The summed E-state index contributed by atoms with van der Waals surface area (Å²) in [5.74, 6) is 0. The monoisotopic (exact) mass is 290 g/mol. The molecule has 21 heavy (non-hydrogen) atoms. The lowest BCUT2D eigenvalue weighted by molar-refractivity contribution is 0.0606. The smallest absolute Gasteiger partial charge is 0.0712 e. The molecule has 0 bridgehead atoms. The van der Waals surface area contributed by atoms with E-state index in [4.69, 9.17) is 0 Å². The Bertz CT molecular complexity index is 427. The first kappa shape index (κ1) is 16.5. The van der Waals surface area contributed by atoms with Gasteiger partial charge in [-0.1, -0.05) is 51.1 Å². The van der Waals surface area contributed by atoms with Gasteiger partial charge in [-0.05, 0) is 24.3 Å². The third-order valence-electron chi connectivity index (χ3n) is 4.53. The van der Waals surface area contributed by atoms with Crippen LogP contribution in [-0.4, -0.2) is 41.3 Å². The first-order valence-electron chi connectivity index (χ1n) is 8.05. The van der Waals surface area contributed by atoms with Gasteiger partial charge in [-0.25, -0.2) is 0 Å². The SMILES string of the molecule is CC1CC(NCC(O)C(C)(C)C)CN1Cc1ccccc1. The zero-order chi connectivity index (χ0) is 15.5. The second kappa shape index (κ2) is 6.91. The van der Waals surface area contributed by atoms with Crippen molar-refractivity contribution in [3.8, 4) is 0 Å². The average Bonchev–Trinajstić information content (AvgIpc) is 2.76. The topological polar surface area (TPSA) is 35.5 Å². The summed E-state index contributed by atoms with van der Waals surface area (Å²) >= 11 is 0. The molecule has 0 spiro atoms. The summed E-state index contributed by atoms with van der Waals surface area (Å²) in [6.07, 6.45) is 0.861. The number of hydrogen-bond acceptors (Lipinski definition) is 3. The predicted octanol–water partition coefficient (Wildman–Crippen LogP) is 2.65. The van der Waals surface area contributed by atoms with E-state index in [1.165, 1.54) is 5.56 Å². The Kier molecular flexibility index (Phi) is 5.42. The Hall–Kier alpha value is -0.900. The van der Waals surface area contributed by atoms with Gasteiger partial charge in [0.15, 0.2) is 0 Å². The molecule has 0 radical (unpaired) electrons. The normalized spacial score (nSPS) is 25.2. The van der Waals surface area contributed by atoms with Gasteiger partial charge >= 0.3 is 0 Å². The van der Waals surface area contributed by atoms with E-state index in [0.717, 1.165) is 19.5 Å². The fourth-order valence-electron chi connectivity index (χ4n) is 2.87. The van der Waals surface area contributed by atoms with Gasteiger partial charge in [0.1, 0.15) is 0 Å². The van der Waals surface area contributed by atoms with Crippen LogP contribution < -0.4 is 5.32 Å². The summed E-state index contributed by atoms with van der Waals surface area (Å²) in [6, 6.07) is 11.7. The van der Waals surface area contributed by atoms with E-state index < -0.39 is 0 Å². The summed E-state index contributed by atoms with van der Waals surface area (Å²) in [6.45, 7) is 11.3. The van der Waals surface area contributed by atoms with Gasteiger partial charge in [0, 0.05) is 31.7 Å².